The summed E-state index contributed by atoms with van der Waals surface area (Å²) in [5, 5.41) is 2.81. The molecule has 1 aromatic carbocycles. The number of carbonyl (C=O) groups is 1. The maximum absolute atomic E-state index is 12.4. The monoisotopic (exact) mass is 356 g/mol. The van der Waals surface area contributed by atoms with Crippen LogP contribution in [0.3, 0.4) is 0 Å². The zero-order valence-corrected chi connectivity index (χ0v) is 15.9. The summed E-state index contributed by atoms with van der Waals surface area (Å²) in [6, 6.07) is 3.81. The minimum atomic E-state index is -3.77. The Balaban J connectivity index is 2.82. The van der Waals surface area contributed by atoms with Crippen LogP contribution in [0.1, 0.15) is 46.1 Å². The fraction of sp³-hybridized carbons (Fsp3) is 0.588. The van der Waals surface area contributed by atoms with Crippen molar-refractivity contribution in [2.45, 2.75) is 64.4 Å². The summed E-state index contributed by atoms with van der Waals surface area (Å²) < 4.78 is 32.7. The third-order valence-electron chi connectivity index (χ3n) is 3.59. The maximum Gasteiger partial charge on any atom is 0.241 e. The Bertz CT molecular complexity index is 659. The van der Waals surface area contributed by atoms with Crippen molar-refractivity contribution >= 4 is 15.9 Å². The van der Waals surface area contributed by atoms with E-state index >= 15 is 0 Å². The Labute approximate surface area is 145 Å². The van der Waals surface area contributed by atoms with Crippen LogP contribution in [0, 0.1) is 6.92 Å². The molecular weight excluding hydrogens is 328 g/mol. The van der Waals surface area contributed by atoms with Crippen molar-refractivity contribution in [2.24, 2.45) is 0 Å². The van der Waals surface area contributed by atoms with E-state index in [9.17, 15) is 13.2 Å². The molecule has 0 aromatic heterocycles. The van der Waals surface area contributed by atoms with Gasteiger partial charge in [0.2, 0.25) is 15.9 Å². The molecule has 24 heavy (non-hydrogen) atoms. The SMILES string of the molecule is CCC[C@@H](C)NC(=O)[C@H](C)NS(=O)(=O)c1ccc(OCC)c(C)c1. The van der Waals surface area contributed by atoms with Crippen molar-refractivity contribution in [3.63, 3.8) is 0 Å². The first-order valence-corrected chi connectivity index (χ1v) is 9.75. The van der Waals surface area contributed by atoms with Crippen molar-refractivity contribution < 1.29 is 17.9 Å². The summed E-state index contributed by atoms with van der Waals surface area (Å²) in [4.78, 5) is 12.2. The lowest BCUT2D eigenvalue weighted by Gasteiger charge is -2.18. The quantitative estimate of drug-likeness (QED) is 0.711. The topological polar surface area (TPSA) is 84.5 Å². The Morgan fingerprint density at radius 3 is 2.46 bits per heavy atom. The van der Waals surface area contributed by atoms with E-state index in [0.717, 1.165) is 18.4 Å². The number of benzene rings is 1. The predicted molar refractivity (Wildman–Crippen MR) is 94.6 cm³/mol. The van der Waals surface area contributed by atoms with Gasteiger partial charge in [0.1, 0.15) is 5.75 Å². The molecule has 2 atom stereocenters. The molecule has 2 N–H and O–H groups in total. The molecule has 0 fully saturated rings. The van der Waals surface area contributed by atoms with Gasteiger partial charge in [-0.3, -0.25) is 4.79 Å². The Hall–Kier alpha value is -1.60. The molecule has 0 aliphatic heterocycles. The summed E-state index contributed by atoms with van der Waals surface area (Å²) in [5.74, 6) is 0.317. The van der Waals surface area contributed by atoms with Gasteiger partial charge in [-0.15, -0.1) is 0 Å². The molecule has 136 valence electrons. The molecule has 6 nitrogen and oxygen atoms in total. The maximum atomic E-state index is 12.4. The average Bonchev–Trinajstić information content (AvgIpc) is 2.49. The summed E-state index contributed by atoms with van der Waals surface area (Å²) in [5.41, 5.74) is 0.730. The number of nitrogens with one attached hydrogen (secondary N) is 2. The van der Waals surface area contributed by atoms with Crippen molar-refractivity contribution in [1.82, 2.24) is 10.0 Å². The van der Waals surface area contributed by atoms with Crippen LogP contribution in [0.25, 0.3) is 0 Å². The van der Waals surface area contributed by atoms with Gasteiger partial charge in [-0.1, -0.05) is 13.3 Å². The van der Waals surface area contributed by atoms with Crippen LogP contribution in [-0.2, 0) is 14.8 Å². The Morgan fingerprint density at radius 1 is 1.25 bits per heavy atom. The van der Waals surface area contributed by atoms with E-state index < -0.39 is 16.1 Å². The first-order chi connectivity index (χ1) is 11.2. The highest BCUT2D eigenvalue weighted by Crippen LogP contribution is 2.21. The highest BCUT2D eigenvalue weighted by Gasteiger charge is 2.23. The predicted octanol–water partition coefficient (Wildman–Crippen LogP) is 2.37. The molecule has 0 saturated carbocycles. The van der Waals surface area contributed by atoms with E-state index in [1.54, 1.807) is 13.0 Å². The van der Waals surface area contributed by atoms with E-state index in [-0.39, 0.29) is 16.8 Å². The largest absolute Gasteiger partial charge is 0.494 e. The number of carbonyl (C=O) groups excluding carboxylic acids is 1. The molecule has 1 amide bonds. The molecular formula is C17H28N2O4S. The van der Waals surface area contributed by atoms with Crippen molar-refractivity contribution in [2.75, 3.05) is 6.61 Å². The van der Waals surface area contributed by atoms with Gasteiger partial charge >= 0.3 is 0 Å². The first-order valence-electron chi connectivity index (χ1n) is 8.27. The minimum Gasteiger partial charge on any atom is -0.494 e. The van der Waals surface area contributed by atoms with Crippen LogP contribution in [0.4, 0.5) is 0 Å². The summed E-state index contributed by atoms with van der Waals surface area (Å²) in [7, 11) is -3.77. The number of aryl methyl sites for hydroxylation is 1. The minimum absolute atomic E-state index is 0.0159. The van der Waals surface area contributed by atoms with E-state index in [1.165, 1.54) is 19.1 Å². The summed E-state index contributed by atoms with van der Waals surface area (Å²) in [6.45, 7) is 9.63. The fourth-order valence-electron chi connectivity index (χ4n) is 2.33. The van der Waals surface area contributed by atoms with Crippen LogP contribution in [-0.4, -0.2) is 33.0 Å². The van der Waals surface area contributed by atoms with Crippen molar-refractivity contribution in [1.29, 1.82) is 0 Å². The molecule has 0 spiro atoms. The molecule has 0 aliphatic rings. The lowest BCUT2D eigenvalue weighted by Crippen LogP contribution is -2.47. The Kier molecular flexibility index (Phi) is 7.69. The third-order valence-corrected chi connectivity index (χ3v) is 5.13. The van der Waals surface area contributed by atoms with Crippen molar-refractivity contribution in [3.8, 4) is 5.75 Å². The van der Waals surface area contributed by atoms with Gasteiger partial charge < -0.3 is 10.1 Å². The van der Waals surface area contributed by atoms with Crippen LogP contribution in [0.5, 0.6) is 5.75 Å². The second kappa shape index (κ2) is 9.03. The lowest BCUT2D eigenvalue weighted by atomic mass is 10.2. The molecule has 1 aromatic rings. The van der Waals surface area contributed by atoms with Crippen molar-refractivity contribution in [3.05, 3.63) is 23.8 Å². The number of sulfonamides is 1. The van der Waals surface area contributed by atoms with Gasteiger partial charge in [-0.05, 0) is 57.9 Å². The van der Waals surface area contributed by atoms with Crippen LogP contribution >= 0.6 is 0 Å². The standard InChI is InChI=1S/C17H28N2O4S/c1-6-8-13(4)18-17(20)14(5)19-24(21,22)15-9-10-16(23-7-2)12(3)11-15/h9-11,13-14,19H,6-8H2,1-5H3,(H,18,20)/t13-,14+/m1/s1. The molecule has 0 saturated heterocycles. The first kappa shape index (κ1) is 20.4. The lowest BCUT2D eigenvalue weighted by molar-refractivity contribution is -0.123. The second-order valence-electron chi connectivity index (χ2n) is 5.90. The molecule has 7 heteroatoms. The molecule has 0 bridgehead atoms. The molecule has 0 aliphatic carbocycles. The van der Waals surface area contributed by atoms with Gasteiger partial charge in [-0.2, -0.15) is 4.72 Å². The van der Waals surface area contributed by atoms with E-state index in [4.69, 9.17) is 4.74 Å². The van der Waals surface area contributed by atoms with Gasteiger partial charge in [0.15, 0.2) is 0 Å². The zero-order chi connectivity index (χ0) is 18.3. The van der Waals surface area contributed by atoms with Crippen LogP contribution in [0.15, 0.2) is 23.1 Å². The van der Waals surface area contributed by atoms with Crippen LogP contribution in [0.2, 0.25) is 0 Å². The normalized spacial score (nSPS) is 14.0. The van der Waals surface area contributed by atoms with E-state index in [2.05, 4.69) is 10.0 Å². The number of amides is 1. The fourth-order valence-corrected chi connectivity index (χ4v) is 3.62. The molecule has 1 rings (SSSR count). The zero-order valence-electron chi connectivity index (χ0n) is 15.0. The smallest absolute Gasteiger partial charge is 0.241 e. The highest BCUT2D eigenvalue weighted by molar-refractivity contribution is 7.89. The second-order valence-corrected chi connectivity index (χ2v) is 7.62. The van der Waals surface area contributed by atoms with Gasteiger partial charge in [0.25, 0.3) is 0 Å². The van der Waals surface area contributed by atoms with Gasteiger partial charge in [-0.25, -0.2) is 8.42 Å². The number of ether oxygens (including phenoxy) is 1. The molecule has 0 radical (unpaired) electrons. The number of rotatable bonds is 9. The number of hydrogen-bond acceptors (Lipinski definition) is 4. The molecule has 0 unspecified atom stereocenters. The highest BCUT2D eigenvalue weighted by atomic mass is 32.2. The average molecular weight is 356 g/mol. The van der Waals surface area contributed by atoms with Gasteiger partial charge in [0, 0.05) is 6.04 Å². The summed E-state index contributed by atoms with van der Waals surface area (Å²) in [6.07, 6.45) is 1.80. The van der Waals surface area contributed by atoms with E-state index in [1.807, 2.05) is 20.8 Å². The third kappa shape index (κ3) is 5.79. The van der Waals surface area contributed by atoms with E-state index in [0.29, 0.717) is 12.4 Å². The summed E-state index contributed by atoms with van der Waals surface area (Å²) >= 11 is 0. The Morgan fingerprint density at radius 2 is 1.92 bits per heavy atom. The number of hydrogen-bond donors (Lipinski definition) is 2. The molecule has 0 heterocycles. The van der Waals surface area contributed by atoms with Crippen LogP contribution < -0.4 is 14.8 Å². The van der Waals surface area contributed by atoms with Gasteiger partial charge in [0.05, 0.1) is 17.5 Å².